The molecule has 0 aliphatic carbocycles. The molecule has 4 heteroatoms. The van der Waals surface area contributed by atoms with Gasteiger partial charge in [0.15, 0.2) is 0 Å². The Morgan fingerprint density at radius 2 is 2.15 bits per heavy atom. The van der Waals surface area contributed by atoms with Gasteiger partial charge < -0.3 is 10.4 Å². The third kappa shape index (κ3) is 3.62. The van der Waals surface area contributed by atoms with E-state index < -0.39 is 6.10 Å². The molecule has 0 amide bonds. The predicted molar refractivity (Wildman–Crippen MR) is 76.6 cm³/mol. The first-order valence-electron chi connectivity index (χ1n) is 6.64. The molecule has 20 heavy (non-hydrogen) atoms. The summed E-state index contributed by atoms with van der Waals surface area (Å²) in [6.07, 6.45) is 2.84. The number of aryl methyl sites for hydroxylation is 1. The van der Waals surface area contributed by atoms with Gasteiger partial charge in [-0.1, -0.05) is 18.2 Å². The third-order valence-corrected chi connectivity index (χ3v) is 3.35. The van der Waals surface area contributed by atoms with E-state index in [9.17, 15) is 9.50 Å². The molecule has 106 valence electrons. The summed E-state index contributed by atoms with van der Waals surface area (Å²) in [6.45, 7) is 4.23. The number of rotatable bonds is 5. The molecular formula is C16H19FN2O. The maximum Gasteiger partial charge on any atom is 0.126 e. The van der Waals surface area contributed by atoms with Gasteiger partial charge in [0.25, 0.3) is 0 Å². The number of hydrogen-bond acceptors (Lipinski definition) is 3. The molecule has 2 N–H and O–H groups in total. The average molecular weight is 274 g/mol. The Morgan fingerprint density at radius 1 is 1.35 bits per heavy atom. The third-order valence-electron chi connectivity index (χ3n) is 3.35. The van der Waals surface area contributed by atoms with E-state index in [0.29, 0.717) is 12.1 Å². The largest absolute Gasteiger partial charge is 0.387 e. The van der Waals surface area contributed by atoms with Crippen LogP contribution in [0.1, 0.15) is 29.7 Å². The van der Waals surface area contributed by atoms with Gasteiger partial charge >= 0.3 is 0 Å². The van der Waals surface area contributed by atoms with E-state index in [1.807, 2.05) is 19.1 Å². The topological polar surface area (TPSA) is 45.1 Å². The fourth-order valence-corrected chi connectivity index (χ4v) is 2.03. The van der Waals surface area contributed by atoms with Gasteiger partial charge in [0.2, 0.25) is 0 Å². The molecule has 2 unspecified atom stereocenters. The summed E-state index contributed by atoms with van der Waals surface area (Å²) in [5.74, 6) is -0.253. The highest BCUT2D eigenvalue weighted by Crippen LogP contribution is 2.19. The smallest absolute Gasteiger partial charge is 0.126 e. The number of aromatic nitrogens is 1. The van der Waals surface area contributed by atoms with Crippen LogP contribution in [0, 0.1) is 12.7 Å². The van der Waals surface area contributed by atoms with Crippen LogP contribution < -0.4 is 5.32 Å². The second-order valence-corrected chi connectivity index (χ2v) is 4.98. The molecule has 0 aliphatic rings. The zero-order chi connectivity index (χ0) is 14.5. The summed E-state index contributed by atoms with van der Waals surface area (Å²) < 4.78 is 13.2. The molecule has 0 saturated carbocycles. The van der Waals surface area contributed by atoms with Gasteiger partial charge in [0.05, 0.1) is 6.10 Å². The number of halogens is 1. The molecule has 2 atom stereocenters. The van der Waals surface area contributed by atoms with Crippen LogP contribution in [0.3, 0.4) is 0 Å². The van der Waals surface area contributed by atoms with Crippen molar-refractivity contribution in [1.82, 2.24) is 10.3 Å². The zero-order valence-corrected chi connectivity index (χ0v) is 11.7. The highest BCUT2D eigenvalue weighted by Gasteiger charge is 2.16. The molecule has 2 rings (SSSR count). The Bertz CT molecular complexity index is 560. The van der Waals surface area contributed by atoms with E-state index in [2.05, 4.69) is 10.3 Å². The summed E-state index contributed by atoms with van der Waals surface area (Å²) in [5, 5.41) is 13.5. The molecule has 0 radical (unpaired) electrons. The van der Waals surface area contributed by atoms with Crippen molar-refractivity contribution in [3.05, 3.63) is 65.2 Å². The molecule has 1 aromatic heterocycles. The standard InChI is InChI=1S/C16H19FN2O/c1-11-8-14(5-6-15(11)17)16(20)12(2)19-10-13-4-3-7-18-9-13/h3-9,12,16,19-20H,10H2,1-2H3. The van der Waals surface area contributed by atoms with Crippen LogP contribution in [0.25, 0.3) is 0 Å². The Labute approximate surface area is 118 Å². The van der Waals surface area contributed by atoms with Gasteiger partial charge in [0, 0.05) is 25.0 Å². The van der Waals surface area contributed by atoms with Crippen LogP contribution in [0.2, 0.25) is 0 Å². The molecule has 1 heterocycles. The average Bonchev–Trinajstić information content (AvgIpc) is 2.48. The lowest BCUT2D eigenvalue weighted by atomic mass is 10.0. The van der Waals surface area contributed by atoms with E-state index in [-0.39, 0.29) is 11.9 Å². The van der Waals surface area contributed by atoms with Gasteiger partial charge in [0.1, 0.15) is 5.82 Å². The predicted octanol–water partition coefficient (Wildman–Crippen LogP) is 2.74. The summed E-state index contributed by atoms with van der Waals surface area (Å²) in [5.41, 5.74) is 2.32. The van der Waals surface area contributed by atoms with E-state index in [4.69, 9.17) is 0 Å². The van der Waals surface area contributed by atoms with Crippen LogP contribution in [-0.4, -0.2) is 16.1 Å². The Hall–Kier alpha value is -1.78. The SMILES string of the molecule is Cc1cc(C(O)C(C)NCc2cccnc2)ccc1F. The molecule has 0 spiro atoms. The Morgan fingerprint density at radius 3 is 2.80 bits per heavy atom. The van der Waals surface area contributed by atoms with Crippen molar-refractivity contribution in [3.8, 4) is 0 Å². The number of benzene rings is 1. The summed E-state index contributed by atoms with van der Waals surface area (Å²) in [6, 6.07) is 8.40. The van der Waals surface area contributed by atoms with Crippen molar-refractivity contribution in [3.63, 3.8) is 0 Å². The van der Waals surface area contributed by atoms with Gasteiger partial charge in [-0.05, 0) is 42.7 Å². The fourth-order valence-electron chi connectivity index (χ4n) is 2.03. The molecule has 3 nitrogen and oxygen atoms in total. The highest BCUT2D eigenvalue weighted by molar-refractivity contribution is 5.26. The summed E-state index contributed by atoms with van der Waals surface area (Å²) in [7, 11) is 0. The van der Waals surface area contributed by atoms with E-state index in [0.717, 1.165) is 11.1 Å². The molecule has 0 aliphatic heterocycles. The number of nitrogens with one attached hydrogen (secondary N) is 1. The Balaban J connectivity index is 1.97. The number of hydrogen-bond donors (Lipinski definition) is 2. The number of nitrogens with zero attached hydrogens (tertiary/aromatic N) is 1. The molecule has 0 fully saturated rings. The van der Waals surface area contributed by atoms with Crippen LogP contribution in [0.4, 0.5) is 4.39 Å². The molecular weight excluding hydrogens is 255 g/mol. The maximum atomic E-state index is 13.2. The van der Waals surface area contributed by atoms with Crippen molar-refractivity contribution in [2.45, 2.75) is 32.5 Å². The number of aliphatic hydroxyl groups excluding tert-OH is 1. The van der Waals surface area contributed by atoms with Crippen LogP contribution in [-0.2, 0) is 6.54 Å². The fraction of sp³-hybridized carbons (Fsp3) is 0.312. The number of aliphatic hydroxyl groups is 1. The van der Waals surface area contributed by atoms with Crippen molar-refractivity contribution in [2.75, 3.05) is 0 Å². The van der Waals surface area contributed by atoms with Crippen LogP contribution >= 0.6 is 0 Å². The van der Waals surface area contributed by atoms with Gasteiger partial charge in [-0.3, -0.25) is 4.98 Å². The first kappa shape index (κ1) is 14.6. The normalized spacial score (nSPS) is 14.0. The number of pyridine rings is 1. The van der Waals surface area contributed by atoms with Crippen LogP contribution in [0.5, 0.6) is 0 Å². The molecule has 2 aromatic rings. The minimum Gasteiger partial charge on any atom is -0.387 e. The molecule has 0 saturated heterocycles. The maximum absolute atomic E-state index is 13.2. The van der Waals surface area contributed by atoms with Gasteiger partial charge in [-0.25, -0.2) is 4.39 Å². The minimum absolute atomic E-state index is 0.139. The summed E-state index contributed by atoms with van der Waals surface area (Å²) >= 11 is 0. The van der Waals surface area contributed by atoms with Crippen molar-refractivity contribution in [1.29, 1.82) is 0 Å². The Kier molecular flexibility index (Phi) is 4.82. The first-order valence-corrected chi connectivity index (χ1v) is 6.64. The lowest BCUT2D eigenvalue weighted by Gasteiger charge is -2.21. The second kappa shape index (κ2) is 6.59. The van der Waals surface area contributed by atoms with Crippen molar-refractivity contribution in [2.24, 2.45) is 0 Å². The molecule has 1 aromatic carbocycles. The monoisotopic (exact) mass is 274 g/mol. The lowest BCUT2D eigenvalue weighted by molar-refractivity contribution is 0.135. The zero-order valence-electron chi connectivity index (χ0n) is 11.7. The van der Waals surface area contributed by atoms with Crippen LogP contribution in [0.15, 0.2) is 42.7 Å². The quantitative estimate of drug-likeness (QED) is 0.881. The first-order chi connectivity index (χ1) is 9.58. The van der Waals surface area contributed by atoms with E-state index in [1.54, 1.807) is 31.5 Å². The minimum atomic E-state index is -0.675. The van der Waals surface area contributed by atoms with Crippen molar-refractivity contribution >= 4 is 0 Å². The highest BCUT2D eigenvalue weighted by atomic mass is 19.1. The van der Waals surface area contributed by atoms with E-state index in [1.165, 1.54) is 6.07 Å². The lowest BCUT2D eigenvalue weighted by Crippen LogP contribution is -2.31. The van der Waals surface area contributed by atoms with Gasteiger partial charge in [-0.2, -0.15) is 0 Å². The summed E-state index contributed by atoms with van der Waals surface area (Å²) in [4.78, 5) is 4.04. The second-order valence-electron chi connectivity index (χ2n) is 4.98. The van der Waals surface area contributed by atoms with Crippen molar-refractivity contribution < 1.29 is 9.50 Å². The molecule has 0 bridgehead atoms. The van der Waals surface area contributed by atoms with E-state index >= 15 is 0 Å². The van der Waals surface area contributed by atoms with Gasteiger partial charge in [-0.15, -0.1) is 0 Å².